The largest absolute Gasteiger partial charge is 0.415 e. The van der Waals surface area contributed by atoms with Crippen molar-refractivity contribution in [1.82, 2.24) is 0 Å². The molecular weight excluding hydrogens is 462 g/mol. The van der Waals surface area contributed by atoms with E-state index in [-0.39, 0.29) is 0 Å². The van der Waals surface area contributed by atoms with Crippen molar-refractivity contribution >= 4 is 0 Å². The van der Waals surface area contributed by atoms with Crippen molar-refractivity contribution in [1.29, 1.82) is 0 Å². The Balaban J connectivity index is 7.39. The minimum atomic E-state index is -7.71. The summed E-state index contributed by atoms with van der Waals surface area (Å²) in [4.78, 5) is 0. The predicted molar refractivity (Wildman–Crippen MR) is 50.3 cm³/mol. The first-order valence-corrected chi connectivity index (χ1v) is 5.81. The molecule has 0 unspecified atom stereocenters. The molecule has 18 heteroatoms. The highest BCUT2D eigenvalue weighted by molar-refractivity contribution is 5.21. The van der Waals surface area contributed by atoms with E-state index in [4.69, 9.17) is 0 Å². The maximum Gasteiger partial charge on any atom is 0.415 e. The molecule has 0 bridgehead atoms. The van der Waals surface area contributed by atoms with Gasteiger partial charge in [-0.25, -0.2) is 0 Å². The summed E-state index contributed by atoms with van der Waals surface area (Å²) >= 11 is 0. The van der Waals surface area contributed by atoms with Crippen LogP contribution in [0.2, 0.25) is 0 Å². The van der Waals surface area contributed by atoms with Crippen molar-refractivity contribution in [2.45, 2.75) is 37.1 Å². The summed E-state index contributed by atoms with van der Waals surface area (Å²) in [6, 6.07) is 0. The van der Waals surface area contributed by atoms with E-state index in [1.165, 1.54) is 0 Å². The first-order chi connectivity index (χ1) is 11.7. The van der Waals surface area contributed by atoms with Crippen molar-refractivity contribution in [2.24, 2.45) is 10.8 Å². The summed E-state index contributed by atoms with van der Waals surface area (Å²) < 4.78 is 225. The third-order valence-corrected chi connectivity index (χ3v) is 3.27. The average Bonchev–Trinajstić information content (AvgIpc) is 2.23. The summed E-state index contributed by atoms with van der Waals surface area (Å²) in [5, 5.41) is 0. The second-order valence-corrected chi connectivity index (χ2v) is 4.94. The molecule has 0 aliphatic heterocycles. The number of hydrogen-bond donors (Lipinski definition) is 0. The fourth-order valence-corrected chi connectivity index (χ4v) is 1.78. The molecule has 28 heavy (non-hydrogen) atoms. The lowest BCUT2D eigenvalue weighted by molar-refractivity contribution is -0.416. The van der Waals surface area contributed by atoms with Gasteiger partial charge in [-0.15, -0.1) is 0 Å². The van der Waals surface area contributed by atoms with Gasteiger partial charge in [-0.05, 0) is 0 Å². The molecule has 0 heterocycles. The highest BCUT2D eigenvalue weighted by Crippen LogP contribution is 2.64. The van der Waals surface area contributed by atoms with Crippen LogP contribution in [0.5, 0.6) is 0 Å². The zero-order chi connectivity index (χ0) is 23.4. The maximum atomic E-state index is 12.5. The zero-order valence-electron chi connectivity index (χ0n) is 12.0. The minimum absolute atomic E-state index is 2.87. The Bertz CT molecular complexity index is 444. The van der Waals surface area contributed by atoms with Crippen molar-refractivity contribution in [3.63, 3.8) is 0 Å². The van der Waals surface area contributed by atoms with E-state index in [0.29, 0.717) is 0 Å². The molecule has 0 aromatic carbocycles. The van der Waals surface area contributed by atoms with Gasteiger partial charge in [0.15, 0.2) is 0 Å². The van der Waals surface area contributed by atoms with Gasteiger partial charge in [0, 0.05) is 0 Å². The van der Waals surface area contributed by atoms with Crippen LogP contribution in [0.15, 0.2) is 12.2 Å². The Morgan fingerprint density at radius 1 is 0.250 bits per heavy atom. The van der Waals surface area contributed by atoms with Crippen LogP contribution in [0.3, 0.4) is 0 Å². The molecule has 0 aromatic heterocycles. The van der Waals surface area contributed by atoms with Crippen molar-refractivity contribution in [3.05, 3.63) is 12.2 Å². The lowest BCUT2D eigenvalue weighted by Gasteiger charge is -2.39. The van der Waals surface area contributed by atoms with Gasteiger partial charge in [0.05, 0.1) is 0 Å². The highest BCUT2D eigenvalue weighted by Gasteiger charge is 2.85. The quantitative estimate of drug-likeness (QED) is 0.309. The molecule has 0 saturated carbocycles. The van der Waals surface area contributed by atoms with E-state index >= 15 is 0 Å². The van der Waals surface area contributed by atoms with E-state index in [1.54, 1.807) is 0 Å². The Morgan fingerprint density at radius 3 is 0.429 bits per heavy atom. The molecule has 0 spiro atoms. The second-order valence-electron chi connectivity index (χ2n) is 4.94. The van der Waals surface area contributed by atoms with Crippen LogP contribution in [0.4, 0.5) is 79.0 Å². The van der Waals surface area contributed by atoms with Gasteiger partial charge in [-0.3, -0.25) is 0 Å². The third kappa shape index (κ3) is 3.81. The van der Waals surface area contributed by atoms with Crippen LogP contribution in [-0.4, -0.2) is 37.1 Å². The second kappa shape index (κ2) is 6.50. The van der Waals surface area contributed by atoms with E-state index in [9.17, 15) is 79.0 Å². The van der Waals surface area contributed by atoms with E-state index in [0.717, 1.165) is 0 Å². The van der Waals surface area contributed by atoms with E-state index in [1.807, 2.05) is 0 Å². The molecule has 0 aromatic rings. The lowest BCUT2D eigenvalue weighted by Crippen LogP contribution is -2.61. The molecule has 0 nitrogen and oxygen atoms in total. The molecule has 0 aliphatic carbocycles. The first kappa shape index (κ1) is 26.5. The van der Waals surface area contributed by atoms with Gasteiger partial charge in [-0.1, -0.05) is 12.2 Å². The molecule has 0 aliphatic rings. The molecular formula is C10H2F18. The summed E-state index contributed by atoms with van der Waals surface area (Å²) in [6.45, 7) is 0. The third-order valence-electron chi connectivity index (χ3n) is 3.27. The summed E-state index contributed by atoms with van der Waals surface area (Å²) in [6.07, 6.45) is -52.0. The standard InChI is InChI=1S/C10H2F18/c11-5(12,13)3(6(14,15)16,7(17,18)19)1-2-4(8(20,21)22,9(23,24)25)10(26,27)28/h1-2H. The Labute approximate surface area is 140 Å². The number of allylic oxidation sites excluding steroid dienone is 2. The van der Waals surface area contributed by atoms with Crippen LogP contribution in [0.1, 0.15) is 0 Å². The average molecular weight is 464 g/mol. The van der Waals surface area contributed by atoms with E-state index < -0.39 is 60.0 Å². The van der Waals surface area contributed by atoms with Crippen molar-refractivity contribution in [2.75, 3.05) is 0 Å². The van der Waals surface area contributed by atoms with Gasteiger partial charge < -0.3 is 0 Å². The molecule has 0 fully saturated rings. The number of hydrogen-bond acceptors (Lipinski definition) is 0. The molecule has 0 rings (SSSR count). The molecule has 0 radical (unpaired) electrons. The summed E-state index contributed by atoms with van der Waals surface area (Å²) in [5.74, 6) is 0. The summed E-state index contributed by atoms with van der Waals surface area (Å²) in [5.41, 5.74) is -14.9. The topological polar surface area (TPSA) is 0 Å². The van der Waals surface area contributed by atoms with Crippen LogP contribution >= 0.6 is 0 Å². The fourth-order valence-electron chi connectivity index (χ4n) is 1.78. The molecule has 168 valence electrons. The SMILES string of the molecule is FC(F)(F)C(C=CC(C(F)(F)F)(C(F)(F)F)C(F)(F)F)(C(F)(F)F)C(F)(F)F. The maximum absolute atomic E-state index is 12.5. The van der Waals surface area contributed by atoms with E-state index in [2.05, 4.69) is 0 Å². The number of rotatable bonds is 2. The van der Waals surface area contributed by atoms with Gasteiger partial charge in [0.2, 0.25) is 0 Å². The van der Waals surface area contributed by atoms with Crippen LogP contribution in [-0.2, 0) is 0 Å². The Morgan fingerprint density at radius 2 is 0.357 bits per heavy atom. The van der Waals surface area contributed by atoms with Crippen molar-refractivity contribution < 1.29 is 79.0 Å². The molecule has 0 amide bonds. The molecule has 0 atom stereocenters. The van der Waals surface area contributed by atoms with Crippen LogP contribution in [0, 0.1) is 10.8 Å². The number of alkyl halides is 18. The van der Waals surface area contributed by atoms with Gasteiger partial charge in [0.1, 0.15) is 0 Å². The minimum Gasteiger partial charge on any atom is -0.169 e. The predicted octanol–water partition coefficient (Wildman–Crippen LogP) is 6.89. The Kier molecular flexibility index (Phi) is 6.14. The van der Waals surface area contributed by atoms with Crippen molar-refractivity contribution in [3.8, 4) is 0 Å². The van der Waals surface area contributed by atoms with Crippen LogP contribution in [0.25, 0.3) is 0 Å². The number of halogens is 18. The highest BCUT2D eigenvalue weighted by atomic mass is 19.4. The zero-order valence-corrected chi connectivity index (χ0v) is 12.0. The van der Waals surface area contributed by atoms with Gasteiger partial charge in [0.25, 0.3) is 10.8 Å². The van der Waals surface area contributed by atoms with Gasteiger partial charge >= 0.3 is 37.1 Å². The monoisotopic (exact) mass is 464 g/mol. The first-order valence-electron chi connectivity index (χ1n) is 5.81. The van der Waals surface area contributed by atoms with Crippen LogP contribution < -0.4 is 0 Å². The Hall–Kier alpha value is -1.52. The normalized spacial score (nSPS) is 16.8. The molecule has 0 saturated heterocycles. The summed E-state index contributed by atoms with van der Waals surface area (Å²) in [7, 11) is 0. The fraction of sp³-hybridized carbons (Fsp3) is 0.800. The van der Waals surface area contributed by atoms with Gasteiger partial charge in [-0.2, -0.15) is 79.0 Å². The smallest absolute Gasteiger partial charge is 0.169 e. The molecule has 0 N–H and O–H groups in total. The lowest BCUT2D eigenvalue weighted by atomic mass is 9.78.